The summed E-state index contributed by atoms with van der Waals surface area (Å²) in [5, 5.41) is 32.0. The molecule has 0 radical (unpaired) electrons. The van der Waals surface area contributed by atoms with Crippen LogP contribution in [0.25, 0.3) is 0 Å². The Kier molecular flexibility index (Phi) is 3.26. The summed E-state index contributed by atoms with van der Waals surface area (Å²) in [5.74, 6) is -2.51. The number of carbonyl (C=O) groups excluding carboxylic acids is 2. The van der Waals surface area contributed by atoms with Gasteiger partial charge in [-0.1, -0.05) is 0 Å². The maximum atomic E-state index is 12.6. The van der Waals surface area contributed by atoms with E-state index in [0.29, 0.717) is 0 Å². The first kappa shape index (κ1) is 14.6. The number of hydrogen-bond donors (Lipinski definition) is 1. The minimum Gasteiger partial charge on any atom is -0.476 e. The largest absolute Gasteiger partial charge is 0.476 e. The second-order valence-electron chi connectivity index (χ2n) is 4.85. The summed E-state index contributed by atoms with van der Waals surface area (Å²) in [6.45, 7) is 1.25. The molecule has 3 rings (SSSR count). The van der Waals surface area contributed by atoms with Crippen molar-refractivity contribution in [1.82, 2.24) is 30.3 Å². The first-order valence-corrected chi connectivity index (χ1v) is 6.44. The number of nitrogens with zero attached hydrogens (tertiary/aromatic N) is 8. The summed E-state index contributed by atoms with van der Waals surface area (Å²) in [4.78, 5) is 36.8. The first-order chi connectivity index (χ1) is 11.0. The van der Waals surface area contributed by atoms with Crippen LogP contribution in [0.5, 0.6) is 0 Å². The highest BCUT2D eigenvalue weighted by Gasteiger charge is 2.50. The van der Waals surface area contributed by atoms with Gasteiger partial charge in [0, 0.05) is 6.92 Å². The third-order valence-electron chi connectivity index (χ3n) is 3.51. The Hall–Kier alpha value is -3.33. The standard InChI is InChI=1S/C11H10N8O4/c1-6(20)18(17-5-13-14-15-17)8-4-16-3-7(2-12)9(11(22)23)19(16)10(8)21/h5,8H,3-4H2,1H3,(H,22,23)/t8-/m0/s1. The van der Waals surface area contributed by atoms with Gasteiger partial charge in [0.2, 0.25) is 5.91 Å². The van der Waals surface area contributed by atoms with Gasteiger partial charge in [-0.05, 0) is 10.4 Å². The Bertz CT molecular complexity index is 763. The number of rotatable bonds is 3. The van der Waals surface area contributed by atoms with Crippen molar-refractivity contribution in [2.45, 2.75) is 13.0 Å². The first-order valence-electron chi connectivity index (χ1n) is 6.44. The number of hydrogen-bond acceptors (Lipinski definition) is 8. The number of hydrazine groups is 1. The third-order valence-corrected chi connectivity index (χ3v) is 3.51. The molecule has 12 nitrogen and oxygen atoms in total. The average molecular weight is 318 g/mol. The van der Waals surface area contributed by atoms with Crippen LogP contribution in [0.4, 0.5) is 0 Å². The molecule has 1 aromatic rings. The van der Waals surface area contributed by atoms with E-state index in [4.69, 9.17) is 5.26 Å². The van der Waals surface area contributed by atoms with Gasteiger partial charge in [0.1, 0.15) is 0 Å². The monoisotopic (exact) mass is 318 g/mol. The molecule has 0 spiro atoms. The van der Waals surface area contributed by atoms with Crippen molar-refractivity contribution < 1.29 is 19.5 Å². The third kappa shape index (κ3) is 2.10. The fraction of sp³-hybridized carbons (Fsp3) is 0.364. The zero-order chi connectivity index (χ0) is 16.7. The number of carboxylic acids is 1. The Labute approximate surface area is 128 Å². The molecule has 0 unspecified atom stereocenters. The number of amides is 2. The van der Waals surface area contributed by atoms with Gasteiger partial charge in [-0.15, -0.1) is 9.89 Å². The lowest BCUT2D eigenvalue weighted by Crippen LogP contribution is -2.52. The molecule has 2 aliphatic rings. The zero-order valence-corrected chi connectivity index (χ0v) is 11.8. The van der Waals surface area contributed by atoms with Gasteiger partial charge in [0.25, 0.3) is 5.91 Å². The Balaban J connectivity index is 1.97. The van der Waals surface area contributed by atoms with Crippen LogP contribution in [0.1, 0.15) is 6.92 Å². The summed E-state index contributed by atoms with van der Waals surface area (Å²) >= 11 is 0. The van der Waals surface area contributed by atoms with E-state index in [1.54, 1.807) is 6.07 Å². The van der Waals surface area contributed by atoms with Crippen LogP contribution < -0.4 is 5.01 Å². The van der Waals surface area contributed by atoms with Crippen LogP contribution in [0.3, 0.4) is 0 Å². The molecule has 3 heterocycles. The van der Waals surface area contributed by atoms with Gasteiger partial charge < -0.3 is 5.11 Å². The summed E-state index contributed by atoms with van der Waals surface area (Å²) in [6.07, 6.45) is 1.15. The van der Waals surface area contributed by atoms with E-state index in [1.165, 1.54) is 11.9 Å². The fourth-order valence-electron chi connectivity index (χ4n) is 2.66. The maximum Gasteiger partial charge on any atom is 0.355 e. The molecule has 1 saturated heterocycles. The van der Waals surface area contributed by atoms with Crippen molar-refractivity contribution in [3.63, 3.8) is 0 Å². The number of fused-ring (bicyclic) bond motifs is 1. The predicted octanol–water partition coefficient (Wildman–Crippen LogP) is -2.54. The summed E-state index contributed by atoms with van der Waals surface area (Å²) < 4.78 is 0. The van der Waals surface area contributed by atoms with Crippen molar-refractivity contribution in [2.75, 3.05) is 18.1 Å². The van der Waals surface area contributed by atoms with Crippen LogP contribution in [-0.2, 0) is 14.4 Å². The lowest BCUT2D eigenvalue weighted by molar-refractivity contribution is -0.143. The molecule has 0 aromatic carbocycles. The molecule has 1 N–H and O–H groups in total. The van der Waals surface area contributed by atoms with E-state index >= 15 is 0 Å². The summed E-state index contributed by atoms with van der Waals surface area (Å²) in [5.41, 5.74) is -0.402. The van der Waals surface area contributed by atoms with E-state index in [-0.39, 0.29) is 24.4 Å². The van der Waals surface area contributed by atoms with Crippen molar-refractivity contribution in [3.05, 3.63) is 17.6 Å². The number of carboxylic acid groups (broad SMARTS) is 1. The van der Waals surface area contributed by atoms with E-state index in [9.17, 15) is 19.5 Å². The Morgan fingerprint density at radius 3 is 2.78 bits per heavy atom. The predicted molar refractivity (Wildman–Crippen MR) is 69.2 cm³/mol. The molecule has 1 atom stereocenters. The van der Waals surface area contributed by atoms with Crippen LogP contribution in [-0.4, -0.2) is 72.4 Å². The van der Waals surface area contributed by atoms with Crippen LogP contribution >= 0.6 is 0 Å². The second-order valence-corrected chi connectivity index (χ2v) is 4.85. The summed E-state index contributed by atoms with van der Waals surface area (Å²) in [6, 6.07) is 0.789. The lowest BCUT2D eigenvalue weighted by atomic mass is 10.2. The van der Waals surface area contributed by atoms with Crippen molar-refractivity contribution in [1.29, 1.82) is 5.26 Å². The van der Waals surface area contributed by atoms with Gasteiger partial charge in [-0.2, -0.15) is 5.26 Å². The Morgan fingerprint density at radius 2 is 2.26 bits per heavy atom. The Morgan fingerprint density at radius 1 is 1.52 bits per heavy atom. The van der Waals surface area contributed by atoms with E-state index in [2.05, 4.69) is 15.5 Å². The minimum absolute atomic E-state index is 0.0122. The van der Waals surface area contributed by atoms with Crippen molar-refractivity contribution >= 4 is 17.8 Å². The molecule has 1 aromatic heterocycles. The highest BCUT2D eigenvalue weighted by molar-refractivity contribution is 6.01. The number of aliphatic carboxylic acids is 1. The van der Waals surface area contributed by atoms with E-state index < -0.39 is 23.8 Å². The SMILES string of the molecule is CC(=O)N([C@H]1CN2CC(C#N)=C(C(=O)O)N2C1=O)n1cnnn1. The molecule has 118 valence electrons. The van der Waals surface area contributed by atoms with Crippen LogP contribution in [0.15, 0.2) is 17.6 Å². The molecular weight excluding hydrogens is 308 g/mol. The number of carbonyl (C=O) groups is 3. The normalized spacial score (nSPS) is 20.6. The maximum absolute atomic E-state index is 12.6. The van der Waals surface area contributed by atoms with Gasteiger partial charge >= 0.3 is 5.97 Å². The van der Waals surface area contributed by atoms with E-state index in [1.807, 2.05) is 0 Å². The molecule has 2 aliphatic heterocycles. The molecular formula is C11H10N8O4. The van der Waals surface area contributed by atoms with Crippen molar-refractivity contribution in [2.24, 2.45) is 0 Å². The molecule has 1 fully saturated rings. The van der Waals surface area contributed by atoms with Crippen LogP contribution in [0.2, 0.25) is 0 Å². The zero-order valence-electron chi connectivity index (χ0n) is 11.8. The highest BCUT2D eigenvalue weighted by atomic mass is 16.4. The number of aromatic nitrogens is 4. The molecule has 0 bridgehead atoms. The molecule has 12 heteroatoms. The smallest absolute Gasteiger partial charge is 0.355 e. The summed E-state index contributed by atoms with van der Waals surface area (Å²) in [7, 11) is 0. The highest BCUT2D eigenvalue weighted by Crippen LogP contribution is 2.30. The molecule has 0 aliphatic carbocycles. The van der Waals surface area contributed by atoms with Crippen molar-refractivity contribution in [3.8, 4) is 6.07 Å². The van der Waals surface area contributed by atoms with Gasteiger partial charge in [0.15, 0.2) is 18.1 Å². The number of tetrazole rings is 1. The molecule has 2 amide bonds. The number of nitriles is 1. The fourth-order valence-corrected chi connectivity index (χ4v) is 2.66. The quantitative estimate of drug-likeness (QED) is 0.636. The second kappa shape index (κ2) is 5.14. The molecule has 23 heavy (non-hydrogen) atoms. The molecule has 0 saturated carbocycles. The van der Waals surface area contributed by atoms with Gasteiger partial charge in [-0.3, -0.25) is 9.59 Å². The van der Waals surface area contributed by atoms with Gasteiger partial charge in [0.05, 0.1) is 24.7 Å². The topological polar surface area (TPSA) is 149 Å². The van der Waals surface area contributed by atoms with E-state index in [0.717, 1.165) is 21.1 Å². The lowest BCUT2D eigenvalue weighted by Gasteiger charge is -2.24. The van der Waals surface area contributed by atoms with Gasteiger partial charge in [-0.25, -0.2) is 19.8 Å². The van der Waals surface area contributed by atoms with Crippen LogP contribution in [0, 0.1) is 11.3 Å². The minimum atomic E-state index is -1.38. The average Bonchev–Trinajstić information content (AvgIpc) is 3.17.